The molecule has 0 aromatic carbocycles. The van der Waals surface area contributed by atoms with E-state index in [9.17, 15) is 0 Å². The second-order valence-corrected chi connectivity index (χ2v) is 20.0. The fourth-order valence-corrected chi connectivity index (χ4v) is 19.5. The molecule has 0 atom stereocenters. The van der Waals surface area contributed by atoms with Crippen LogP contribution in [0, 0.1) is 0 Å². The summed E-state index contributed by atoms with van der Waals surface area (Å²) in [5.74, 6) is 0. The van der Waals surface area contributed by atoms with E-state index in [0.717, 1.165) is 6.61 Å². The van der Waals surface area contributed by atoms with Crippen molar-refractivity contribution in [2.75, 3.05) is 13.7 Å². The Morgan fingerprint density at radius 3 is 1.63 bits per heavy atom. The van der Waals surface area contributed by atoms with Gasteiger partial charge in [0.15, 0.2) is 0 Å². The third-order valence-corrected chi connectivity index (χ3v) is 19.8. The van der Waals surface area contributed by atoms with Crippen LogP contribution >= 0.6 is 0 Å². The minimum absolute atomic E-state index is 0.781. The molecule has 0 fully saturated rings. The van der Waals surface area contributed by atoms with Crippen molar-refractivity contribution < 1.29 is 4.74 Å². The summed E-state index contributed by atoms with van der Waals surface area (Å²) in [5, 5.41) is 0. The first-order valence-corrected chi connectivity index (χ1v) is 16.4. The monoisotopic (exact) mass is 376 g/mol. The fourth-order valence-electron chi connectivity index (χ4n) is 3.08. The topological polar surface area (TPSA) is 9.23 Å². The standard InChI is InChI=1S/C5H9O.3C4H9.Sn/c1-5(2)4-6-3;3*1-3-4-2;/h1-2,4H2,3H3;3*1,3-4H2,2H3;. The van der Waals surface area contributed by atoms with Gasteiger partial charge in [0.25, 0.3) is 0 Å². The maximum absolute atomic E-state index is 5.30. The van der Waals surface area contributed by atoms with Crippen LogP contribution in [-0.4, -0.2) is 32.1 Å². The molecule has 1 nitrogen and oxygen atoms in total. The summed E-state index contributed by atoms with van der Waals surface area (Å²) in [6.45, 7) is 12.1. The minimum atomic E-state index is -1.98. The van der Waals surface area contributed by atoms with Gasteiger partial charge < -0.3 is 0 Å². The van der Waals surface area contributed by atoms with E-state index in [1.54, 1.807) is 20.4 Å². The molecule has 19 heavy (non-hydrogen) atoms. The third kappa shape index (κ3) is 9.12. The summed E-state index contributed by atoms with van der Waals surface area (Å²) in [6.07, 6.45) is 8.41. The first-order chi connectivity index (χ1) is 9.14. The molecule has 0 bridgehead atoms. The normalized spacial score (nSPS) is 11.8. The van der Waals surface area contributed by atoms with E-state index in [1.807, 2.05) is 0 Å². The molecule has 0 saturated heterocycles. The van der Waals surface area contributed by atoms with Gasteiger partial charge in [0, 0.05) is 0 Å². The van der Waals surface area contributed by atoms with Gasteiger partial charge in [-0.15, -0.1) is 0 Å². The van der Waals surface area contributed by atoms with Crippen molar-refractivity contribution in [3.63, 3.8) is 0 Å². The molecule has 0 aliphatic heterocycles. The summed E-state index contributed by atoms with van der Waals surface area (Å²) in [7, 11) is 1.80. The van der Waals surface area contributed by atoms with Crippen molar-refractivity contribution in [3.05, 3.63) is 12.2 Å². The molecule has 0 aromatic heterocycles. The zero-order chi connectivity index (χ0) is 14.6. The molecule has 114 valence electrons. The summed E-state index contributed by atoms with van der Waals surface area (Å²) in [4.78, 5) is 0. The van der Waals surface area contributed by atoms with E-state index in [2.05, 4.69) is 27.4 Å². The summed E-state index contributed by atoms with van der Waals surface area (Å²) >= 11 is -1.98. The van der Waals surface area contributed by atoms with E-state index in [0.29, 0.717) is 0 Å². The Morgan fingerprint density at radius 1 is 0.895 bits per heavy atom. The number of hydrogen-bond acceptors (Lipinski definition) is 1. The van der Waals surface area contributed by atoms with Crippen molar-refractivity contribution in [2.24, 2.45) is 0 Å². The Bertz CT molecular complexity index is 204. The molecule has 0 aliphatic rings. The van der Waals surface area contributed by atoms with Gasteiger partial charge in [-0.1, -0.05) is 0 Å². The summed E-state index contributed by atoms with van der Waals surface area (Å²) in [6, 6.07) is 0. The number of rotatable bonds is 13. The summed E-state index contributed by atoms with van der Waals surface area (Å²) < 4.78 is 11.4. The molecular weight excluding hydrogens is 339 g/mol. The second-order valence-electron chi connectivity index (χ2n) is 6.17. The molecule has 0 amide bonds. The fraction of sp³-hybridized carbons (Fsp3) is 0.882. The van der Waals surface area contributed by atoms with Gasteiger partial charge in [-0.05, 0) is 0 Å². The molecular formula is C17H36OSn. The van der Waals surface area contributed by atoms with Crippen molar-refractivity contribution in [1.29, 1.82) is 0 Å². The molecule has 0 aliphatic carbocycles. The molecule has 0 saturated carbocycles. The first kappa shape index (κ1) is 19.5. The predicted octanol–water partition coefficient (Wildman–Crippen LogP) is 6.04. The number of unbranched alkanes of at least 4 members (excludes halogenated alkanes) is 3. The second kappa shape index (κ2) is 12.3. The molecule has 2 heteroatoms. The van der Waals surface area contributed by atoms with Crippen LogP contribution in [0.4, 0.5) is 0 Å². The Kier molecular flexibility index (Phi) is 12.6. The zero-order valence-corrected chi connectivity index (χ0v) is 16.7. The zero-order valence-electron chi connectivity index (χ0n) is 13.9. The van der Waals surface area contributed by atoms with Gasteiger partial charge in [0.1, 0.15) is 0 Å². The maximum atomic E-state index is 5.30. The Balaban J connectivity index is 4.70. The van der Waals surface area contributed by atoms with Crippen molar-refractivity contribution in [1.82, 2.24) is 0 Å². The first-order valence-electron chi connectivity index (χ1n) is 8.29. The van der Waals surface area contributed by atoms with Crippen LogP contribution in [0.1, 0.15) is 59.3 Å². The van der Waals surface area contributed by atoms with E-state index < -0.39 is 18.4 Å². The molecule has 0 N–H and O–H groups in total. The van der Waals surface area contributed by atoms with Crippen molar-refractivity contribution in [2.45, 2.75) is 77.0 Å². The van der Waals surface area contributed by atoms with Crippen LogP contribution in [0.25, 0.3) is 0 Å². The van der Waals surface area contributed by atoms with Gasteiger partial charge in [-0.2, -0.15) is 0 Å². The average Bonchev–Trinajstić information content (AvgIpc) is 2.40. The van der Waals surface area contributed by atoms with Gasteiger partial charge in [0.2, 0.25) is 0 Å². The van der Waals surface area contributed by atoms with E-state index in [-0.39, 0.29) is 0 Å². The Labute approximate surface area is 126 Å². The van der Waals surface area contributed by atoms with E-state index >= 15 is 0 Å². The molecule has 0 heterocycles. The number of hydrogen-bond donors (Lipinski definition) is 0. The quantitative estimate of drug-likeness (QED) is 0.282. The van der Waals surface area contributed by atoms with Crippen LogP contribution < -0.4 is 0 Å². The predicted molar refractivity (Wildman–Crippen MR) is 90.7 cm³/mol. The Hall–Kier alpha value is 0.499. The number of methoxy groups -OCH3 is 1. The molecule has 0 aromatic rings. The van der Waals surface area contributed by atoms with Crippen LogP contribution in [-0.2, 0) is 4.74 Å². The van der Waals surface area contributed by atoms with Gasteiger partial charge >= 0.3 is 126 Å². The SMILES string of the molecule is C=C(COC)[CH2][Sn]([CH2]CCC)([CH2]CCC)[CH2]CCC. The van der Waals surface area contributed by atoms with Crippen molar-refractivity contribution >= 4 is 18.4 Å². The van der Waals surface area contributed by atoms with Gasteiger partial charge in [0.05, 0.1) is 0 Å². The third-order valence-electron chi connectivity index (χ3n) is 4.16. The van der Waals surface area contributed by atoms with E-state index in [4.69, 9.17) is 4.74 Å². The van der Waals surface area contributed by atoms with Crippen molar-refractivity contribution in [3.8, 4) is 0 Å². The molecule has 0 rings (SSSR count). The average molecular weight is 375 g/mol. The van der Waals surface area contributed by atoms with Crippen LogP contribution in [0.3, 0.4) is 0 Å². The number of ether oxygens (including phenoxy) is 1. The molecule has 0 spiro atoms. The van der Waals surface area contributed by atoms with E-state index in [1.165, 1.54) is 48.5 Å². The van der Waals surface area contributed by atoms with Crippen LogP contribution in [0.2, 0.25) is 17.7 Å². The Morgan fingerprint density at radius 2 is 1.32 bits per heavy atom. The van der Waals surface area contributed by atoms with Crippen LogP contribution in [0.5, 0.6) is 0 Å². The summed E-state index contributed by atoms with van der Waals surface area (Å²) in [5.41, 5.74) is 1.38. The van der Waals surface area contributed by atoms with Gasteiger partial charge in [-0.3, -0.25) is 0 Å². The van der Waals surface area contributed by atoms with Crippen LogP contribution in [0.15, 0.2) is 12.2 Å². The molecule has 0 radical (unpaired) electrons. The molecule has 0 unspecified atom stereocenters. The van der Waals surface area contributed by atoms with Gasteiger partial charge in [-0.25, -0.2) is 0 Å².